The lowest BCUT2D eigenvalue weighted by Crippen LogP contribution is -2.43. The zero-order valence-corrected chi connectivity index (χ0v) is 17.9. The molecule has 2 heterocycles. The summed E-state index contributed by atoms with van der Waals surface area (Å²) in [6, 6.07) is 8.08. The van der Waals surface area contributed by atoms with E-state index < -0.39 is 0 Å². The molecule has 5 nitrogen and oxygen atoms in total. The molecule has 2 saturated heterocycles. The van der Waals surface area contributed by atoms with Crippen molar-refractivity contribution in [2.24, 2.45) is 5.92 Å². The van der Waals surface area contributed by atoms with Gasteiger partial charge in [-0.3, -0.25) is 9.69 Å². The summed E-state index contributed by atoms with van der Waals surface area (Å²) in [5.74, 6) is 0.793. The van der Waals surface area contributed by atoms with Crippen molar-refractivity contribution in [2.45, 2.75) is 25.3 Å². The molecule has 1 amide bonds. The molecule has 2 aliphatic rings. The van der Waals surface area contributed by atoms with E-state index in [0.717, 1.165) is 56.4 Å². The summed E-state index contributed by atoms with van der Waals surface area (Å²) in [5, 5.41) is 7.22. The predicted molar refractivity (Wildman–Crippen MR) is 114 cm³/mol. The van der Waals surface area contributed by atoms with E-state index in [0.29, 0.717) is 18.9 Å². The summed E-state index contributed by atoms with van der Waals surface area (Å²) in [7, 11) is 0. The Kier molecular flexibility index (Phi) is 11.6. The van der Waals surface area contributed by atoms with Crippen LogP contribution in [-0.4, -0.2) is 56.7 Å². The van der Waals surface area contributed by atoms with E-state index in [4.69, 9.17) is 16.3 Å². The third kappa shape index (κ3) is 7.76. The quantitative estimate of drug-likeness (QED) is 0.687. The van der Waals surface area contributed by atoms with Gasteiger partial charge in [0.2, 0.25) is 5.91 Å². The van der Waals surface area contributed by atoms with Crippen LogP contribution >= 0.6 is 36.4 Å². The fourth-order valence-corrected chi connectivity index (χ4v) is 3.85. The molecule has 2 atom stereocenters. The molecule has 2 N–H and O–H groups in total. The molecule has 0 aromatic heterocycles. The molecule has 1 aromatic rings. The molecule has 1 aromatic carbocycles. The fraction of sp³-hybridized carbons (Fsp3) is 0.632. The Morgan fingerprint density at radius 3 is 2.78 bits per heavy atom. The molecular weight excluding hydrogens is 409 g/mol. The van der Waals surface area contributed by atoms with E-state index in [1.54, 1.807) is 0 Å². The van der Waals surface area contributed by atoms with Crippen molar-refractivity contribution < 1.29 is 9.53 Å². The Morgan fingerprint density at radius 1 is 1.33 bits per heavy atom. The van der Waals surface area contributed by atoms with E-state index in [1.807, 2.05) is 18.2 Å². The molecule has 8 heteroatoms. The smallest absolute Gasteiger partial charge is 0.220 e. The monoisotopic (exact) mass is 437 g/mol. The van der Waals surface area contributed by atoms with E-state index in [9.17, 15) is 4.79 Å². The molecule has 0 aliphatic carbocycles. The van der Waals surface area contributed by atoms with Gasteiger partial charge >= 0.3 is 0 Å². The van der Waals surface area contributed by atoms with Crippen molar-refractivity contribution >= 4 is 42.3 Å². The van der Waals surface area contributed by atoms with Gasteiger partial charge in [0.15, 0.2) is 0 Å². The maximum absolute atomic E-state index is 12.3. The van der Waals surface area contributed by atoms with E-state index in [-0.39, 0.29) is 36.8 Å². The topological polar surface area (TPSA) is 53.6 Å². The third-order valence-corrected chi connectivity index (χ3v) is 5.39. The number of nitrogens with zero attached hydrogens (tertiary/aromatic N) is 1. The lowest BCUT2D eigenvalue weighted by molar-refractivity contribution is -0.121. The van der Waals surface area contributed by atoms with Crippen molar-refractivity contribution in [2.75, 3.05) is 45.9 Å². The highest BCUT2D eigenvalue weighted by atomic mass is 35.5. The van der Waals surface area contributed by atoms with E-state index in [2.05, 4.69) is 21.6 Å². The van der Waals surface area contributed by atoms with Crippen molar-refractivity contribution in [3.63, 3.8) is 0 Å². The molecular formula is C19H30Cl3N3O2. The summed E-state index contributed by atoms with van der Waals surface area (Å²) in [6.45, 7) is 5.97. The number of morpholine rings is 1. The van der Waals surface area contributed by atoms with Crippen LogP contribution in [0.4, 0.5) is 0 Å². The first-order valence-electron chi connectivity index (χ1n) is 9.27. The largest absolute Gasteiger partial charge is 0.379 e. The number of halogens is 3. The first kappa shape index (κ1) is 24.5. The van der Waals surface area contributed by atoms with Gasteiger partial charge in [-0.1, -0.05) is 23.7 Å². The molecule has 27 heavy (non-hydrogen) atoms. The average molecular weight is 439 g/mol. The van der Waals surface area contributed by atoms with E-state index >= 15 is 0 Å². The minimum atomic E-state index is 0. The number of nitrogens with one attached hydrogen (secondary N) is 2. The van der Waals surface area contributed by atoms with E-state index in [1.165, 1.54) is 6.42 Å². The average Bonchev–Trinajstić information content (AvgIpc) is 3.15. The van der Waals surface area contributed by atoms with Crippen LogP contribution in [0.15, 0.2) is 24.3 Å². The number of benzene rings is 1. The van der Waals surface area contributed by atoms with Gasteiger partial charge in [-0.15, -0.1) is 24.8 Å². The Hall–Kier alpha value is -0.560. The summed E-state index contributed by atoms with van der Waals surface area (Å²) in [6.07, 6.45) is 2.77. The van der Waals surface area contributed by atoms with Gasteiger partial charge < -0.3 is 15.4 Å². The number of hydrogen-bond acceptors (Lipinski definition) is 4. The number of carbonyl (C=O) groups excluding carboxylic acids is 1. The van der Waals surface area contributed by atoms with Crippen molar-refractivity contribution in [3.8, 4) is 0 Å². The first-order valence-corrected chi connectivity index (χ1v) is 9.65. The van der Waals surface area contributed by atoms with Crippen LogP contribution in [0.1, 0.15) is 30.9 Å². The minimum Gasteiger partial charge on any atom is -0.379 e. The van der Waals surface area contributed by atoms with Gasteiger partial charge in [-0.25, -0.2) is 0 Å². The van der Waals surface area contributed by atoms with Crippen LogP contribution in [-0.2, 0) is 9.53 Å². The molecule has 0 radical (unpaired) electrons. The SMILES string of the molecule is Cl.Cl.O=C(CCC1CCNC1)NCC(c1cccc(Cl)c1)N1CCOCC1. The molecule has 0 bridgehead atoms. The Labute approximate surface area is 179 Å². The van der Waals surface area contributed by atoms with Crippen molar-refractivity contribution in [3.05, 3.63) is 34.9 Å². The number of amides is 1. The normalized spacial score (nSPS) is 21.0. The third-order valence-electron chi connectivity index (χ3n) is 5.15. The summed E-state index contributed by atoms with van der Waals surface area (Å²) >= 11 is 6.18. The van der Waals surface area contributed by atoms with Gasteiger partial charge in [0, 0.05) is 31.1 Å². The molecule has 0 spiro atoms. The molecule has 2 aliphatic heterocycles. The number of carbonyl (C=O) groups is 1. The van der Waals surface area contributed by atoms with Gasteiger partial charge in [-0.05, 0) is 49.5 Å². The van der Waals surface area contributed by atoms with Crippen LogP contribution in [0.5, 0.6) is 0 Å². The molecule has 2 fully saturated rings. The van der Waals surface area contributed by atoms with Crippen LogP contribution in [0, 0.1) is 5.92 Å². The highest BCUT2D eigenvalue weighted by molar-refractivity contribution is 6.30. The van der Waals surface area contributed by atoms with Gasteiger partial charge in [-0.2, -0.15) is 0 Å². The second kappa shape index (κ2) is 12.8. The standard InChI is InChI=1S/C19H28ClN3O2.2ClH/c20-17-3-1-2-16(12-17)18(23-8-10-25-11-9-23)14-22-19(24)5-4-15-6-7-21-13-15;;/h1-3,12,15,18,21H,4-11,13-14H2,(H,22,24);2*1H. The maximum atomic E-state index is 12.3. The second-order valence-corrected chi connectivity index (χ2v) is 7.36. The molecule has 3 rings (SSSR count). The lowest BCUT2D eigenvalue weighted by atomic mass is 10.0. The summed E-state index contributed by atoms with van der Waals surface area (Å²) in [5.41, 5.74) is 1.15. The highest BCUT2D eigenvalue weighted by Gasteiger charge is 2.23. The minimum absolute atomic E-state index is 0. The lowest BCUT2D eigenvalue weighted by Gasteiger charge is -2.35. The van der Waals surface area contributed by atoms with Crippen LogP contribution in [0.25, 0.3) is 0 Å². The number of hydrogen-bond donors (Lipinski definition) is 2. The number of ether oxygens (including phenoxy) is 1. The maximum Gasteiger partial charge on any atom is 0.220 e. The van der Waals surface area contributed by atoms with Gasteiger partial charge in [0.05, 0.1) is 19.3 Å². The summed E-state index contributed by atoms with van der Waals surface area (Å²) in [4.78, 5) is 14.7. The van der Waals surface area contributed by atoms with Gasteiger partial charge in [0.25, 0.3) is 0 Å². The Balaban J connectivity index is 0.00000182. The zero-order valence-electron chi connectivity index (χ0n) is 15.5. The van der Waals surface area contributed by atoms with Crippen molar-refractivity contribution in [1.29, 1.82) is 0 Å². The van der Waals surface area contributed by atoms with Crippen molar-refractivity contribution in [1.82, 2.24) is 15.5 Å². The number of rotatable bonds is 7. The van der Waals surface area contributed by atoms with Crippen LogP contribution in [0.2, 0.25) is 5.02 Å². The Bertz CT molecular complexity index is 565. The highest BCUT2D eigenvalue weighted by Crippen LogP contribution is 2.24. The van der Waals surface area contributed by atoms with Gasteiger partial charge in [0.1, 0.15) is 0 Å². The van der Waals surface area contributed by atoms with Crippen LogP contribution in [0.3, 0.4) is 0 Å². The fourth-order valence-electron chi connectivity index (χ4n) is 3.66. The molecule has 0 saturated carbocycles. The first-order chi connectivity index (χ1) is 12.2. The van der Waals surface area contributed by atoms with Crippen LogP contribution < -0.4 is 10.6 Å². The molecule has 2 unspecified atom stereocenters. The predicted octanol–water partition coefficient (Wildman–Crippen LogP) is 3.06. The second-order valence-electron chi connectivity index (χ2n) is 6.92. The Morgan fingerprint density at radius 2 is 2.11 bits per heavy atom. The summed E-state index contributed by atoms with van der Waals surface area (Å²) < 4.78 is 5.47. The zero-order chi connectivity index (χ0) is 17.5. The molecule has 154 valence electrons.